The number of hydrogen-bond acceptors (Lipinski definition) is 6. The highest BCUT2D eigenvalue weighted by atomic mass is 19.1. The first-order chi connectivity index (χ1) is 15.7. The summed E-state index contributed by atoms with van der Waals surface area (Å²) in [6.45, 7) is 7.45. The van der Waals surface area contributed by atoms with Gasteiger partial charge in [-0.1, -0.05) is 6.07 Å². The van der Waals surface area contributed by atoms with Crippen molar-refractivity contribution in [2.24, 2.45) is 0 Å². The van der Waals surface area contributed by atoms with E-state index in [0.717, 1.165) is 56.7 Å². The van der Waals surface area contributed by atoms with E-state index in [2.05, 4.69) is 27.7 Å². The van der Waals surface area contributed by atoms with Crippen molar-refractivity contribution < 1.29 is 23.8 Å². The van der Waals surface area contributed by atoms with Gasteiger partial charge in [-0.3, -0.25) is 4.39 Å². The number of alkyl carbamates (subject to hydrolysis) is 1. The monoisotopic (exact) mass is 466 g/mol. The minimum atomic E-state index is -1.11. The van der Waals surface area contributed by atoms with Crippen LogP contribution in [0, 0.1) is 0 Å². The summed E-state index contributed by atoms with van der Waals surface area (Å²) in [6, 6.07) is 3.19. The van der Waals surface area contributed by atoms with Crippen molar-refractivity contribution in [3.8, 4) is 0 Å². The summed E-state index contributed by atoms with van der Waals surface area (Å²) in [6.07, 6.45) is 4.78. The number of anilines is 1. The molecule has 33 heavy (non-hydrogen) atoms. The molecular formula is C24H39FN4O4. The molecule has 0 aliphatic carbocycles. The molecule has 2 rings (SSSR count). The largest absolute Gasteiger partial charge is 0.480 e. The van der Waals surface area contributed by atoms with Gasteiger partial charge < -0.3 is 25.4 Å². The predicted octanol–water partition coefficient (Wildman–Crippen LogP) is 3.79. The average molecular weight is 467 g/mol. The molecule has 3 N–H and O–H groups in total. The van der Waals surface area contributed by atoms with Crippen molar-refractivity contribution in [1.29, 1.82) is 0 Å². The quantitative estimate of drug-likeness (QED) is 0.380. The highest BCUT2D eigenvalue weighted by molar-refractivity contribution is 5.80. The molecule has 0 bridgehead atoms. The maximum atomic E-state index is 12.7. The Morgan fingerprint density at radius 1 is 1.24 bits per heavy atom. The van der Waals surface area contributed by atoms with Gasteiger partial charge in [0.2, 0.25) is 0 Å². The third-order valence-electron chi connectivity index (χ3n) is 5.44. The SMILES string of the molecule is CC(C)(C)OC(=O)N[C@@H](CCN(CCCF)CCCCc1ccc2c(n1)NCCC2)C(=O)O. The van der Waals surface area contributed by atoms with E-state index < -0.39 is 30.4 Å². The van der Waals surface area contributed by atoms with Gasteiger partial charge in [-0.15, -0.1) is 0 Å². The molecule has 0 aromatic carbocycles. The van der Waals surface area contributed by atoms with Gasteiger partial charge in [-0.05, 0) is 83.9 Å². The Labute approximate surface area is 196 Å². The van der Waals surface area contributed by atoms with Crippen molar-refractivity contribution in [3.05, 3.63) is 23.4 Å². The van der Waals surface area contributed by atoms with Gasteiger partial charge in [0.15, 0.2) is 0 Å². The van der Waals surface area contributed by atoms with Crippen LogP contribution in [0.4, 0.5) is 15.0 Å². The van der Waals surface area contributed by atoms with E-state index in [1.807, 2.05) is 0 Å². The molecule has 1 aliphatic heterocycles. The van der Waals surface area contributed by atoms with E-state index in [1.165, 1.54) is 5.56 Å². The zero-order valence-electron chi connectivity index (χ0n) is 20.2. The molecule has 2 heterocycles. The molecule has 8 nitrogen and oxygen atoms in total. The number of nitrogens with one attached hydrogen (secondary N) is 2. The molecule has 9 heteroatoms. The maximum Gasteiger partial charge on any atom is 0.408 e. The fourth-order valence-corrected chi connectivity index (χ4v) is 3.79. The third-order valence-corrected chi connectivity index (χ3v) is 5.44. The Hall–Kier alpha value is -2.42. The molecule has 0 spiro atoms. The number of hydrogen-bond donors (Lipinski definition) is 3. The van der Waals surface area contributed by atoms with Crippen LogP contribution in [0.1, 0.15) is 64.1 Å². The number of alkyl halides is 1. The summed E-state index contributed by atoms with van der Waals surface area (Å²) in [7, 11) is 0. The van der Waals surface area contributed by atoms with Crippen molar-refractivity contribution >= 4 is 17.9 Å². The van der Waals surface area contributed by atoms with Gasteiger partial charge in [0, 0.05) is 25.3 Å². The standard InChI is InChI=1S/C24H39FN4O4/c1-24(2,3)33-23(32)28-20(22(30)31)12-17-29(16-7-13-25)15-5-4-9-19-11-10-18-8-6-14-26-21(18)27-19/h10-11,20H,4-9,12-17H2,1-3H3,(H,26,27)(H,28,32)(H,30,31)/t20-/m0/s1. The number of ether oxygens (including phenoxy) is 1. The summed E-state index contributed by atoms with van der Waals surface area (Å²) < 4.78 is 17.9. The van der Waals surface area contributed by atoms with Crippen LogP contribution < -0.4 is 10.6 Å². The van der Waals surface area contributed by atoms with Crippen LogP contribution in [-0.4, -0.2) is 71.5 Å². The van der Waals surface area contributed by atoms with E-state index >= 15 is 0 Å². The molecule has 0 unspecified atom stereocenters. The fourth-order valence-electron chi connectivity index (χ4n) is 3.79. The number of unbranched alkanes of at least 4 members (excludes halogenated alkanes) is 1. The van der Waals surface area contributed by atoms with Gasteiger partial charge in [0.25, 0.3) is 0 Å². The second kappa shape index (κ2) is 13.3. The van der Waals surface area contributed by atoms with Crippen LogP contribution in [-0.2, 0) is 22.4 Å². The first-order valence-corrected chi connectivity index (χ1v) is 11.9. The van der Waals surface area contributed by atoms with Crippen LogP contribution in [0.25, 0.3) is 0 Å². The first-order valence-electron chi connectivity index (χ1n) is 11.9. The second-order valence-electron chi connectivity index (χ2n) is 9.51. The van der Waals surface area contributed by atoms with Gasteiger partial charge in [-0.2, -0.15) is 0 Å². The Morgan fingerprint density at radius 3 is 2.70 bits per heavy atom. The third kappa shape index (κ3) is 10.4. The summed E-state index contributed by atoms with van der Waals surface area (Å²) >= 11 is 0. The highest BCUT2D eigenvalue weighted by Crippen LogP contribution is 2.20. The molecule has 1 amide bonds. The van der Waals surface area contributed by atoms with E-state index in [-0.39, 0.29) is 6.42 Å². The molecule has 186 valence electrons. The summed E-state index contributed by atoms with van der Waals surface area (Å²) in [4.78, 5) is 30.3. The van der Waals surface area contributed by atoms with Crippen molar-refractivity contribution in [1.82, 2.24) is 15.2 Å². The number of aliphatic carboxylic acids is 1. The predicted molar refractivity (Wildman–Crippen MR) is 126 cm³/mol. The Morgan fingerprint density at radius 2 is 2.00 bits per heavy atom. The number of carboxylic acid groups (broad SMARTS) is 1. The molecule has 1 aromatic heterocycles. The minimum absolute atomic E-state index is 0.221. The summed E-state index contributed by atoms with van der Waals surface area (Å²) in [5, 5.41) is 15.3. The molecule has 0 saturated carbocycles. The second-order valence-corrected chi connectivity index (χ2v) is 9.51. The van der Waals surface area contributed by atoms with Crippen LogP contribution in [0.15, 0.2) is 12.1 Å². The van der Waals surface area contributed by atoms with E-state index in [4.69, 9.17) is 9.72 Å². The number of carbonyl (C=O) groups is 2. The molecule has 0 radical (unpaired) electrons. The normalized spacial score (nSPS) is 14.3. The lowest BCUT2D eigenvalue weighted by atomic mass is 10.1. The van der Waals surface area contributed by atoms with Crippen molar-refractivity contribution in [3.63, 3.8) is 0 Å². The molecule has 1 aliphatic rings. The summed E-state index contributed by atoms with van der Waals surface area (Å²) in [5.74, 6) is -0.112. The number of nitrogens with zero attached hydrogens (tertiary/aromatic N) is 2. The molecule has 1 atom stereocenters. The highest BCUT2D eigenvalue weighted by Gasteiger charge is 2.24. The van der Waals surface area contributed by atoms with Crippen LogP contribution in [0.3, 0.4) is 0 Å². The molecular weight excluding hydrogens is 427 g/mol. The van der Waals surface area contributed by atoms with Gasteiger partial charge in [0.05, 0.1) is 6.67 Å². The van der Waals surface area contributed by atoms with Gasteiger partial charge in [0.1, 0.15) is 17.5 Å². The number of carbonyl (C=O) groups excluding carboxylic acids is 1. The van der Waals surface area contributed by atoms with E-state index in [1.54, 1.807) is 20.8 Å². The Balaban J connectivity index is 1.80. The van der Waals surface area contributed by atoms with Crippen LogP contribution in [0.2, 0.25) is 0 Å². The number of halogens is 1. The number of aromatic nitrogens is 1. The zero-order chi connectivity index (χ0) is 24.3. The molecule has 1 aromatic rings. The fraction of sp³-hybridized carbons (Fsp3) is 0.708. The first kappa shape index (κ1) is 26.8. The number of carboxylic acids is 1. The van der Waals surface area contributed by atoms with Crippen molar-refractivity contribution in [2.45, 2.75) is 77.4 Å². The number of aryl methyl sites for hydroxylation is 2. The van der Waals surface area contributed by atoms with E-state index in [9.17, 15) is 19.1 Å². The molecule has 0 saturated heterocycles. The van der Waals surface area contributed by atoms with E-state index in [0.29, 0.717) is 19.5 Å². The average Bonchev–Trinajstić information content (AvgIpc) is 2.75. The number of rotatable bonds is 13. The number of amides is 1. The number of fused-ring (bicyclic) bond motifs is 1. The zero-order valence-corrected chi connectivity index (χ0v) is 20.2. The topological polar surface area (TPSA) is 104 Å². The van der Waals surface area contributed by atoms with Crippen molar-refractivity contribution in [2.75, 3.05) is 38.2 Å². The molecule has 0 fully saturated rings. The Bertz CT molecular complexity index is 769. The lowest BCUT2D eigenvalue weighted by molar-refractivity contribution is -0.139. The van der Waals surface area contributed by atoms with Crippen LogP contribution >= 0.6 is 0 Å². The smallest absolute Gasteiger partial charge is 0.408 e. The van der Waals surface area contributed by atoms with Gasteiger partial charge in [-0.25, -0.2) is 14.6 Å². The number of pyridine rings is 1. The minimum Gasteiger partial charge on any atom is -0.480 e. The lowest BCUT2D eigenvalue weighted by Crippen LogP contribution is -2.45. The Kier molecular flexibility index (Phi) is 10.8. The lowest BCUT2D eigenvalue weighted by Gasteiger charge is -2.25. The van der Waals surface area contributed by atoms with Crippen LogP contribution in [0.5, 0.6) is 0 Å². The van der Waals surface area contributed by atoms with Gasteiger partial charge >= 0.3 is 12.1 Å². The maximum absolute atomic E-state index is 12.7. The summed E-state index contributed by atoms with van der Waals surface area (Å²) in [5.41, 5.74) is 1.63.